The Balaban J connectivity index is 2.01. The molecule has 7 heteroatoms. The van der Waals surface area contributed by atoms with Crippen molar-refractivity contribution in [3.05, 3.63) is 0 Å². The van der Waals surface area contributed by atoms with E-state index < -0.39 is 11.2 Å². The number of ether oxygens (including phenoxy) is 2. The van der Waals surface area contributed by atoms with Crippen LogP contribution in [0.25, 0.3) is 0 Å². The third kappa shape index (κ3) is 10.5. The van der Waals surface area contributed by atoms with E-state index in [0.29, 0.717) is 32.0 Å². The van der Waals surface area contributed by atoms with Crippen molar-refractivity contribution in [2.45, 2.75) is 129 Å². The zero-order chi connectivity index (χ0) is 24.6. The number of hydrogen-bond acceptors (Lipinski definition) is 5. The standard InChI is InChI=1S/C26H49N3O4/c1-25(2,3)32-23(30)28(19-20-13-15-21(27)16-14-20)17-10-18-29(22-11-8-7-9-12-22)24(31)33-26(4,5)6/h20-22H,7-19,27H2,1-6H3/t20-,21-. The van der Waals surface area contributed by atoms with Crippen LogP contribution in [0.2, 0.25) is 0 Å². The first kappa shape index (κ1) is 27.7. The second-order valence-corrected chi connectivity index (χ2v) is 12.0. The highest BCUT2D eigenvalue weighted by molar-refractivity contribution is 5.69. The molecule has 2 N–H and O–H groups in total. The van der Waals surface area contributed by atoms with E-state index in [-0.39, 0.29) is 24.3 Å². The summed E-state index contributed by atoms with van der Waals surface area (Å²) in [5.41, 5.74) is 5.02. The molecule has 0 aromatic carbocycles. The molecule has 0 radical (unpaired) electrons. The van der Waals surface area contributed by atoms with Gasteiger partial charge in [-0.3, -0.25) is 0 Å². The van der Waals surface area contributed by atoms with E-state index in [9.17, 15) is 9.59 Å². The largest absolute Gasteiger partial charge is 0.444 e. The van der Waals surface area contributed by atoms with E-state index >= 15 is 0 Å². The second kappa shape index (κ2) is 12.3. The van der Waals surface area contributed by atoms with Gasteiger partial charge in [0.05, 0.1) is 0 Å². The molecule has 2 saturated carbocycles. The van der Waals surface area contributed by atoms with Crippen LogP contribution in [-0.2, 0) is 9.47 Å². The Morgan fingerprint density at radius 3 is 1.88 bits per heavy atom. The van der Waals surface area contributed by atoms with Crippen molar-refractivity contribution in [3.8, 4) is 0 Å². The minimum absolute atomic E-state index is 0.225. The molecule has 0 spiro atoms. The minimum atomic E-state index is -0.533. The van der Waals surface area contributed by atoms with Crippen LogP contribution in [0, 0.1) is 5.92 Å². The van der Waals surface area contributed by atoms with Crippen LogP contribution in [0.3, 0.4) is 0 Å². The van der Waals surface area contributed by atoms with Crippen LogP contribution in [-0.4, -0.2) is 64.9 Å². The molecule has 192 valence electrons. The summed E-state index contributed by atoms with van der Waals surface area (Å²) in [5.74, 6) is 0.456. The molecule has 2 aliphatic carbocycles. The second-order valence-electron chi connectivity index (χ2n) is 12.0. The fraction of sp³-hybridized carbons (Fsp3) is 0.923. The van der Waals surface area contributed by atoms with Gasteiger partial charge < -0.3 is 25.0 Å². The van der Waals surface area contributed by atoms with Crippen LogP contribution in [0.1, 0.15) is 106 Å². The van der Waals surface area contributed by atoms with Gasteiger partial charge in [-0.05, 0) is 92.4 Å². The number of carbonyl (C=O) groups is 2. The molecule has 0 aliphatic heterocycles. The minimum Gasteiger partial charge on any atom is -0.444 e. The summed E-state index contributed by atoms with van der Waals surface area (Å²) in [5, 5.41) is 0. The number of amides is 2. The average Bonchev–Trinajstić information content (AvgIpc) is 2.69. The quantitative estimate of drug-likeness (QED) is 0.519. The maximum absolute atomic E-state index is 13.0. The summed E-state index contributed by atoms with van der Waals surface area (Å²) in [6.45, 7) is 13.3. The molecular weight excluding hydrogens is 418 g/mol. The normalized spacial score (nSPS) is 22.5. The van der Waals surface area contributed by atoms with Crippen LogP contribution in [0.4, 0.5) is 9.59 Å². The van der Waals surface area contributed by atoms with Gasteiger partial charge in [0, 0.05) is 31.7 Å². The van der Waals surface area contributed by atoms with Crippen LogP contribution in [0.5, 0.6) is 0 Å². The third-order valence-corrected chi connectivity index (χ3v) is 6.49. The molecule has 0 aromatic rings. The van der Waals surface area contributed by atoms with E-state index in [1.807, 2.05) is 51.3 Å². The van der Waals surface area contributed by atoms with E-state index in [0.717, 1.165) is 51.4 Å². The first-order valence-corrected chi connectivity index (χ1v) is 13.1. The van der Waals surface area contributed by atoms with Crippen molar-refractivity contribution in [1.82, 2.24) is 9.80 Å². The molecule has 0 unspecified atom stereocenters. The number of rotatable bonds is 7. The van der Waals surface area contributed by atoms with E-state index in [4.69, 9.17) is 15.2 Å². The molecule has 0 saturated heterocycles. The van der Waals surface area contributed by atoms with Gasteiger partial charge in [0.15, 0.2) is 0 Å². The number of carbonyl (C=O) groups excluding carboxylic acids is 2. The van der Waals surface area contributed by atoms with Gasteiger partial charge >= 0.3 is 12.2 Å². The highest BCUT2D eigenvalue weighted by Gasteiger charge is 2.31. The van der Waals surface area contributed by atoms with Crippen molar-refractivity contribution in [2.75, 3.05) is 19.6 Å². The Bertz CT molecular complexity index is 612. The van der Waals surface area contributed by atoms with Crippen LogP contribution in [0.15, 0.2) is 0 Å². The molecule has 0 bridgehead atoms. The van der Waals surface area contributed by atoms with E-state index in [1.54, 1.807) is 0 Å². The van der Waals surface area contributed by atoms with Crippen molar-refractivity contribution in [2.24, 2.45) is 11.7 Å². The zero-order valence-electron chi connectivity index (χ0n) is 22.0. The Labute approximate surface area is 201 Å². The molecular formula is C26H49N3O4. The van der Waals surface area contributed by atoms with Gasteiger partial charge in [-0.25, -0.2) is 9.59 Å². The summed E-state index contributed by atoms with van der Waals surface area (Å²) in [6, 6.07) is 0.512. The third-order valence-electron chi connectivity index (χ3n) is 6.49. The Kier molecular flexibility index (Phi) is 10.3. The fourth-order valence-corrected chi connectivity index (χ4v) is 4.83. The maximum atomic E-state index is 13.0. The lowest BCUT2D eigenvalue weighted by molar-refractivity contribution is 0.00914. The van der Waals surface area contributed by atoms with Crippen molar-refractivity contribution >= 4 is 12.2 Å². The van der Waals surface area contributed by atoms with Crippen molar-refractivity contribution < 1.29 is 19.1 Å². The van der Waals surface area contributed by atoms with Gasteiger partial charge in [-0.1, -0.05) is 19.3 Å². The topological polar surface area (TPSA) is 85.1 Å². The smallest absolute Gasteiger partial charge is 0.410 e. The predicted molar refractivity (Wildman–Crippen MR) is 132 cm³/mol. The number of hydrogen-bond donors (Lipinski definition) is 1. The summed E-state index contributed by atoms with van der Waals surface area (Å²) in [4.78, 5) is 29.7. The van der Waals surface area contributed by atoms with E-state index in [2.05, 4.69) is 0 Å². The highest BCUT2D eigenvalue weighted by atomic mass is 16.6. The van der Waals surface area contributed by atoms with Crippen molar-refractivity contribution in [3.63, 3.8) is 0 Å². The van der Waals surface area contributed by atoms with Gasteiger partial charge in [0.1, 0.15) is 11.2 Å². The first-order chi connectivity index (χ1) is 15.3. The fourth-order valence-electron chi connectivity index (χ4n) is 4.83. The molecule has 0 aromatic heterocycles. The molecule has 0 atom stereocenters. The van der Waals surface area contributed by atoms with Crippen LogP contribution >= 0.6 is 0 Å². The van der Waals surface area contributed by atoms with Crippen molar-refractivity contribution in [1.29, 1.82) is 0 Å². The maximum Gasteiger partial charge on any atom is 0.410 e. The number of nitrogens with two attached hydrogens (primary N) is 1. The molecule has 2 rings (SSSR count). The highest BCUT2D eigenvalue weighted by Crippen LogP contribution is 2.26. The lowest BCUT2D eigenvalue weighted by Crippen LogP contribution is -2.46. The molecule has 2 amide bonds. The SMILES string of the molecule is CC(C)(C)OC(=O)N(CCCN(C(=O)OC(C)(C)C)C1CCCCC1)C[C@H]1CC[C@H](N)CC1. The lowest BCUT2D eigenvalue weighted by Gasteiger charge is -2.36. The van der Waals surface area contributed by atoms with Gasteiger partial charge in [0.2, 0.25) is 0 Å². The lowest BCUT2D eigenvalue weighted by atomic mass is 9.86. The van der Waals surface area contributed by atoms with E-state index in [1.165, 1.54) is 6.42 Å². The molecule has 2 aliphatic rings. The Morgan fingerprint density at radius 1 is 0.788 bits per heavy atom. The molecule has 0 heterocycles. The average molecular weight is 468 g/mol. The summed E-state index contributed by atoms with van der Waals surface area (Å²) < 4.78 is 11.4. The zero-order valence-corrected chi connectivity index (χ0v) is 22.0. The molecule has 33 heavy (non-hydrogen) atoms. The summed E-state index contributed by atoms with van der Waals surface area (Å²) in [7, 11) is 0. The predicted octanol–water partition coefficient (Wildman–Crippen LogP) is 5.70. The van der Waals surface area contributed by atoms with Gasteiger partial charge in [0.25, 0.3) is 0 Å². The number of nitrogens with zero attached hydrogens (tertiary/aromatic N) is 2. The van der Waals surface area contributed by atoms with Crippen LogP contribution < -0.4 is 5.73 Å². The molecule has 7 nitrogen and oxygen atoms in total. The monoisotopic (exact) mass is 467 g/mol. The van der Waals surface area contributed by atoms with Gasteiger partial charge in [-0.15, -0.1) is 0 Å². The first-order valence-electron chi connectivity index (χ1n) is 13.1. The summed E-state index contributed by atoms with van der Waals surface area (Å²) >= 11 is 0. The Hall–Kier alpha value is -1.50. The Morgan fingerprint density at radius 2 is 1.33 bits per heavy atom. The van der Waals surface area contributed by atoms with Gasteiger partial charge in [-0.2, -0.15) is 0 Å². The molecule has 2 fully saturated rings. The summed E-state index contributed by atoms with van der Waals surface area (Å²) in [6.07, 6.45) is 9.92.